The first-order valence-corrected chi connectivity index (χ1v) is 7.45. The molecule has 2 nitrogen and oxygen atoms in total. The van der Waals surface area contributed by atoms with E-state index >= 15 is 0 Å². The van der Waals surface area contributed by atoms with Gasteiger partial charge in [-0.15, -0.1) is 0 Å². The second kappa shape index (κ2) is 6.16. The maximum atomic E-state index is 10.3. The Labute approximate surface area is 117 Å². The van der Waals surface area contributed by atoms with Crippen LogP contribution >= 0.6 is 22.6 Å². The van der Waals surface area contributed by atoms with Crippen LogP contribution in [-0.4, -0.2) is 11.2 Å². The number of benzene rings is 1. The summed E-state index contributed by atoms with van der Waals surface area (Å²) in [5.41, 5.74) is 7.21. The minimum absolute atomic E-state index is 0.241. The fourth-order valence-corrected chi connectivity index (χ4v) is 3.01. The van der Waals surface area contributed by atoms with Gasteiger partial charge in [-0.25, -0.2) is 0 Å². The predicted molar refractivity (Wildman–Crippen MR) is 78.7 cm³/mol. The van der Waals surface area contributed by atoms with E-state index in [2.05, 4.69) is 22.6 Å². The highest BCUT2D eigenvalue weighted by Gasteiger charge is 2.27. The lowest BCUT2D eigenvalue weighted by molar-refractivity contribution is 0.0618. The van der Waals surface area contributed by atoms with Crippen LogP contribution in [0.25, 0.3) is 0 Å². The standard InChI is InChI=1S/C14H20INO/c15-12-8-6-10(7-9-12)13(16)14(17)11-4-2-1-3-5-11/h6-9,11,13-14,17H,1-5,16H2/t13-,14+/m1/s1. The predicted octanol–water partition coefficient (Wildman–Crippen LogP) is 3.23. The molecular weight excluding hydrogens is 325 g/mol. The molecule has 0 aliphatic heterocycles. The van der Waals surface area contributed by atoms with Gasteiger partial charge in [0.15, 0.2) is 0 Å². The molecule has 2 atom stereocenters. The molecule has 0 bridgehead atoms. The molecule has 3 N–H and O–H groups in total. The summed E-state index contributed by atoms with van der Waals surface area (Å²) in [5, 5.41) is 10.3. The van der Waals surface area contributed by atoms with Gasteiger partial charge in [0.25, 0.3) is 0 Å². The maximum Gasteiger partial charge on any atom is 0.0760 e. The van der Waals surface area contributed by atoms with Crippen molar-refractivity contribution in [2.75, 3.05) is 0 Å². The Balaban J connectivity index is 2.02. The molecule has 17 heavy (non-hydrogen) atoms. The molecule has 1 fully saturated rings. The lowest BCUT2D eigenvalue weighted by Gasteiger charge is -2.30. The van der Waals surface area contributed by atoms with E-state index in [0.29, 0.717) is 5.92 Å². The second-order valence-corrected chi connectivity index (χ2v) is 6.21. The van der Waals surface area contributed by atoms with Crippen molar-refractivity contribution in [1.29, 1.82) is 0 Å². The lowest BCUT2D eigenvalue weighted by atomic mass is 9.81. The van der Waals surface area contributed by atoms with Crippen molar-refractivity contribution < 1.29 is 5.11 Å². The Kier molecular flexibility index (Phi) is 4.82. The van der Waals surface area contributed by atoms with Crippen LogP contribution < -0.4 is 5.73 Å². The van der Waals surface area contributed by atoms with E-state index < -0.39 is 6.10 Å². The van der Waals surface area contributed by atoms with Gasteiger partial charge in [0.2, 0.25) is 0 Å². The van der Waals surface area contributed by atoms with Crippen LogP contribution in [0.3, 0.4) is 0 Å². The Morgan fingerprint density at radius 3 is 2.29 bits per heavy atom. The second-order valence-electron chi connectivity index (χ2n) is 4.97. The Morgan fingerprint density at radius 1 is 1.12 bits per heavy atom. The minimum atomic E-state index is -0.393. The van der Waals surface area contributed by atoms with Crippen molar-refractivity contribution in [3.63, 3.8) is 0 Å². The van der Waals surface area contributed by atoms with E-state index in [1.54, 1.807) is 0 Å². The number of aliphatic hydroxyl groups excluding tert-OH is 1. The highest BCUT2D eigenvalue weighted by atomic mass is 127. The Morgan fingerprint density at radius 2 is 1.71 bits per heavy atom. The van der Waals surface area contributed by atoms with Crippen LogP contribution in [0.4, 0.5) is 0 Å². The summed E-state index contributed by atoms with van der Waals surface area (Å²) in [5.74, 6) is 0.387. The summed E-state index contributed by atoms with van der Waals surface area (Å²) >= 11 is 2.28. The fourth-order valence-electron chi connectivity index (χ4n) is 2.65. The molecule has 1 aliphatic carbocycles. The third-order valence-electron chi connectivity index (χ3n) is 3.76. The van der Waals surface area contributed by atoms with Gasteiger partial charge in [-0.1, -0.05) is 31.4 Å². The zero-order valence-electron chi connectivity index (χ0n) is 9.98. The maximum absolute atomic E-state index is 10.3. The van der Waals surface area contributed by atoms with Gasteiger partial charge in [0, 0.05) is 3.57 Å². The van der Waals surface area contributed by atoms with Gasteiger partial charge in [-0.3, -0.25) is 0 Å². The molecule has 0 aromatic heterocycles. The van der Waals surface area contributed by atoms with E-state index in [1.165, 1.54) is 22.8 Å². The summed E-state index contributed by atoms with van der Waals surface area (Å²) in [6, 6.07) is 7.90. The molecule has 0 saturated heterocycles. The molecule has 0 amide bonds. The average molecular weight is 345 g/mol. The first-order chi connectivity index (χ1) is 8.18. The number of halogens is 1. The number of aliphatic hydroxyl groups is 1. The topological polar surface area (TPSA) is 46.2 Å². The molecule has 0 radical (unpaired) electrons. The average Bonchev–Trinajstić information content (AvgIpc) is 2.39. The highest BCUT2D eigenvalue weighted by Crippen LogP contribution is 2.31. The fraction of sp³-hybridized carbons (Fsp3) is 0.571. The quantitative estimate of drug-likeness (QED) is 0.827. The third-order valence-corrected chi connectivity index (χ3v) is 4.47. The van der Waals surface area contributed by atoms with Gasteiger partial charge >= 0.3 is 0 Å². The summed E-state index contributed by atoms with van der Waals surface area (Å²) in [6.45, 7) is 0. The molecule has 0 heterocycles. The van der Waals surface area contributed by atoms with Crippen LogP contribution in [0.5, 0.6) is 0 Å². The van der Waals surface area contributed by atoms with Crippen molar-refractivity contribution in [3.05, 3.63) is 33.4 Å². The normalized spacial score (nSPS) is 21.1. The summed E-state index contributed by atoms with van der Waals surface area (Å²) in [6.07, 6.45) is 5.64. The van der Waals surface area contributed by atoms with Gasteiger partial charge < -0.3 is 10.8 Å². The number of hydrogen-bond acceptors (Lipinski definition) is 2. The molecule has 1 aliphatic rings. The number of rotatable bonds is 3. The van der Waals surface area contributed by atoms with Crippen LogP contribution in [0.1, 0.15) is 43.7 Å². The van der Waals surface area contributed by atoms with Gasteiger partial charge in [-0.05, 0) is 59.0 Å². The monoisotopic (exact) mass is 345 g/mol. The van der Waals surface area contributed by atoms with Crippen molar-refractivity contribution in [2.45, 2.75) is 44.2 Å². The van der Waals surface area contributed by atoms with Gasteiger partial charge in [0.05, 0.1) is 12.1 Å². The summed E-state index contributed by atoms with van der Waals surface area (Å²) in [7, 11) is 0. The molecule has 3 heteroatoms. The van der Waals surface area contributed by atoms with Crippen LogP contribution in [0.15, 0.2) is 24.3 Å². The first kappa shape index (κ1) is 13.3. The van der Waals surface area contributed by atoms with Gasteiger partial charge in [0.1, 0.15) is 0 Å². The van der Waals surface area contributed by atoms with E-state index in [1.807, 2.05) is 24.3 Å². The van der Waals surface area contributed by atoms with Crippen molar-refractivity contribution in [2.24, 2.45) is 11.7 Å². The van der Waals surface area contributed by atoms with E-state index in [0.717, 1.165) is 18.4 Å². The van der Waals surface area contributed by atoms with Crippen molar-refractivity contribution in [3.8, 4) is 0 Å². The minimum Gasteiger partial charge on any atom is -0.391 e. The molecule has 0 unspecified atom stereocenters. The summed E-state index contributed by atoms with van der Waals surface area (Å²) in [4.78, 5) is 0. The van der Waals surface area contributed by atoms with Crippen LogP contribution in [-0.2, 0) is 0 Å². The van der Waals surface area contributed by atoms with Crippen LogP contribution in [0, 0.1) is 9.49 Å². The number of hydrogen-bond donors (Lipinski definition) is 2. The van der Waals surface area contributed by atoms with E-state index in [4.69, 9.17) is 5.73 Å². The lowest BCUT2D eigenvalue weighted by Crippen LogP contribution is -2.34. The SMILES string of the molecule is N[C@H](c1ccc(I)cc1)[C@@H](O)C1CCCCC1. The Bertz CT molecular complexity index is 346. The van der Waals surface area contributed by atoms with Crippen LogP contribution in [0.2, 0.25) is 0 Å². The largest absolute Gasteiger partial charge is 0.391 e. The molecular formula is C14H20INO. The first-order valence-electron chi connectivity index (χ1n) is 6.37. The van der Waals surface area contributed by atoms with Crippen molar-refractivity contribution >= 4 is 22.6 Å². The smallest absolute Gasteiger partial charge is 0.0760 e. The van der Waals surface area contributed by atoms with Gasteiger partial charge in [-0.2, -0.15) is 0 Å². The number of nitrogens with two attached hydrogens (primary N) is 1. The molecule has 1 saturated carbocycles. The molecule has 2 rings (SSSR count). The summed E-state index contributed by atoms with van der Waals surface area (Å²) < 4.78 is 1.20. The van der Waals surface area contributed by atoms with E-state index in [9.17, 15) is 5.11 Å². The molecule has 0 spiro atoms. The molecule has 1 aromatic rings. The molecule has 94 valence electrons. The van der Waals surface area contributed by atoms with Crippen molar-refractivity contribution in [1.82, 2.24) is 0 Å². The third kappa shape index (κ3) is 3.42. The molecule has 1 aromatic carbocycles. The Hall–Kier alpha value is -0.130. The van der Waals surface area contributed by atoms with E-state index in [-0.39, 0.29) is 6.04 Å². The zero-order valence-corrected chi connectivity index (χ0v) is 12.1. The highest BCUT2D eigenvalue weighted by molar-refractivity contribution is 14.1. The zero-order chi connectivity index (χ0) is 12.3.